The monoisotopic (exact) mass is 243 g/mol. The Labute approximate surface area is 97.6 Å². The van der Waals surface area contributed by atoms with E-state index >= 15 is 0 Å². The molecule has 0 saturated heterocycles. The Kier molecular flexibility index (Phi) is 3.37. The molecule has 92 valence electrons. The van der Waals surface area contributed by atoms with Gasteiger partial charge in [0.2, 0.25) is 0 Å². The molecular weight excluding hydrogens is 231 g/mol. The summed E-state index contributed by atoms with van der Waals surface area (Å²) >= 11 is 0. The van der Waals surface area contributed by atoms with E-state index in [0.29, 0.717) is 0 Å². The lowest BCUT2D eigenvalue weighted by molar-refractivity contribution is -0.274. The van der Waals surface area contributed by atoms with Crippen molar-refractivity contribution >= 4 is 0 Å². The molecule has 0 fully saturated rings. The van der Waals surface area contributed by atoms with Gasteiger partial charge >= 0.3 is 6.36 Å². The molecule has 5 heteroatoms. The first-order valence-corrected chi connectivity index (χ1v) is 4.94. The number of benzene rings is 1. The zero-order chi connectivity index (χ0) is 13.3. The molecule has 1 aromatic carbocycles. The van der Waals surface area contributed by atoms with Gasteiger partial charge in [-0.25, -0.2) is 0 Å². The quantitative estimate of drug-likeness (QED) is 0.752. The van der Waals surface area contributed by atoms with E-state index in [1.54, 1.807) is 6.07 Å². The third-order valence-electron chi connectivity index (χ3n) is 2.19. The van der Waals surface area contributed by atoms with Crippen LogP contribution in [0.3, 0.4) is 0 Å². The largest absolute Gasteiger partial charge is 0.573 e. The minimum atomic E-state index is -4.78. The minimum Gasteiger partial charge on any atom is -0.404 e. The summed E-state index contributed by atoms with van der Waals surface area (Å²) in [5.74, 6) is -0.465. The zero-order valence-electron chi connectivity index (χ0n) is 9.72. The van der Waals surface area contributed by atoms with E-state index in [4.69, 9.17) is 5.26 Å². The molecule has 0 unspecified atom stereocenters. The van der Waals surface area contributed by atoms with Crippen molar-refractivity contribution in [2.45, 2.75) is 32.5 Å². The van der Waals surface area contributed by atoms with E-state index < -0.39 is 12.1 Å². The third kappa shape index (κ3) is 3.66. The van der Waals surface area contributed by atoms with E-state index in [2.05, 4.69) is 4.74 Å². The number of ether oxygens (including phenoxy) is 1. The van der Waals surface area contributed by atoms with Gasteiger partial charge in [-0.3, -0.25) is 0 Å². The highest BCUT2D eigenvalue weighted by molar-refractivity contribution is 5.47. The van der Waals surface area contributed by atoms with Crippen LogP contribution < -0.4 is 4.74 Å². The van der Waals surface area contributed by atoms with Crippen LogP contribution in [0, 0.1) is 11.3 Å². The number of nitriles is 1. The van der Waals surface area contributed by atoms with Crippen LogP contribution in [-0.4, -0.2) is 6.36 Å². The molecule has 0 atom stereocenters. The molecule has 0 bridgehead atoms. The Bertz CT molecular complexity index is 452. The average Bonchev–Trinajstić information content (AvgIpc) is 2.14. The highest BCUT2D eigenvalue weighted by Crippen LogP contribution is 2.30. The van der Waals surface area contributed by atoms with Crippen LogP contribution in [0.15, 0.2) is 18.2 Å². The van der Waals surface area contributed by atoms with Crippen molar-refractivity contribution in [2.75, 3.05) is 0 Å². The predicted octanol–water partition coefficient (Wildman–Crippen LogP) is 3.75. The Morgan fingerprint density at radius 2 is 1.76 bits per heavy atom. The number of rotatable bonds is 1. The van der Waals surface area contributed by atoms with Gasteiger partial charge in [0.25, 0.3) is 0 Å². The second kappa shape index (κ2) is 4.28. The Hall–Kier alpha value is -1.70. The lowest BCUT2D eigenvalue weighted by Gasteiger charge is -2.20. The first-order chi connectivity index (χ1) is 7.63. The van der Waals surface area contributed by atoms with Crippen LogP contribution in [0.2, 0.25) is 0 Å². The lowest BCUT2D eigenvalue weighted by atomic mass is 9.86. The highest BCUT2D eigenvalue weighted by Gasteiger charge is 2.32. The SMILES string of the molecule is CC(C)(C)c1ccc(OC(F)(F)F)c(C#N)c1. The van der Waals surface area contributed by atoms with Gasteiger partial charge in [0, 0.05) is 0 Å². The van der Waals surface area contributed by atoms with Crippen LogP contribution in [-0.2, 0) is 5.41 Å². The maximum atomic E-state index is 12.1. The van der Waals surface area contributed by atoms with Crippen LogP contribution >= 0.6 is 0 Å². The lowest BCUT2D eigenvalue weighted by Crippen LogP contribution is -2.18. The van der Waals surface area contributed by atoms with Crippen LogP contribution in [0.1, 0.15) is 31.9 Å². The highest BCUT2D eigenvalue weighted by atomic mass is 19.4. The summed E-state index contributed by atoms with van der Waals surface area (Å²) in [6, 6.07) is 5.83. The summed E-state index contributed by atoms with van der Waals surface area (Å²) in [5, 5.41) is 8.81. The minimum absolute atomic E-state index is 0.116. The van der Waals surface area contributed by atoms with Crippen molar-refractivity contribution in [3.05, 3.63) is 29.3 Å². The van der Waals surface area contributed by atoms with E-state index in [9.17, 15) is 13.2 Å². The van der Waals surface area contributed by atoms with Crippen LogP contribution in [0.4, 0.5) is 13.2 Å². The van der Waals surface area contributed by atoms with Crippen molar-refractivity contribution in [3.63, 3.8) is 0 Å². The molecule has 0 aliphatic carbocycles. The second-order valence-corrected chi connectivity index (χ2v) is 4.62. The summed E-state index contributed by atoms with van der Waals surface area (Å²) in [6.07, 6.45) is -4.78. The molecule has 0 radical (unpaired) electrons. The van der Waals surface area contributed by atoms with E-state index in [-0.39, 0.29) is 11.0 Å². The van der Waals surface area contributed by atoms with Crippen molar-refractivity contribution in [1.29, 1.82) is 5.26 Å². The van der Waals surface area contributed by atoms with Crippen LogP contribution in [0.25, 0.3) is 0 Å². The number of halogens is 3. The van der Waals surface area contributed by atoms with Gasteiger partial charge in [-0.2, -0.15) is 5.26 Å². The molecule has 0 aliphatic rings. The fourth-order valence-electron chi connectivity index (χ4n) is 1.30. The van der Waals surface area contributed by atoms with Gasteiger partial charge in [-0.1, -0.05) is 26.8 Å². The Morgan fingerprint density at radius 1 is 1.18 bits per heavy atom. The van der Waals surface area contributed by atoms with Gasteiger partial charge in [0.15, 0.2) is 0 Å². The van der Waals surface area contributed by atoms with Crippen molar-refractivity contribution in [1.82, 2.24) is 0 Å². The molecular formula is C12H12F3NO. The summed E-state index contributed by atoms with van der Waals surface area (Å²) in [7, 11) is 0. The normalized spacial score (nSPS) is 12.1. The molecule has 0 amide bonds. The van der Waals surface area contributed by atoms with Gasteiger partial charge in [0.1, 0.15) is 11.8 Å². The molecule has 0 aromatic heterocycles. The molecule has 0 saturated carbocycles. The topological polar surface area (TPSA) is 33.0 Å². The first-order valence-electron chi connectivity index (χ1n) is 4.94. The molecule has 1 aromatic rings. The summed E-state index contributed by atoms with van der Waals surface area (Å²) < 4.78 is 40.0. The average molecular weight is 243 g/mol. The first kappa shape index (κ1) is 13.4. The van der Waals surface area contributed by atoms with E-state index in [0.717, 1.165) is 5.56 Å². The van der Waals surface area contributed by atoms with E-state index in [1.165, 1.54) is 18.2 Å². The predicted molar refractivity (Wildman–Crippen MR) is 56.5 cm³/mol. The van der Waals surface area contributed by atoms with Gasteiger partial charge in [-0.05, 0) is 23.1 Å². The smallest absolute Gasteiger partial charge is 0.404 e. The van der Waals surface area contributed by atoms with Gasteiger partial charge in [-0.15, -0.1) is 13.2 Å². The Balaban J connectivity index is 3.16. The maximum Gasteiger partial charge on any atom is 0.573 e. The van der Waals surface area contributed by atoms with Crippen molar-refractivity contribution in [2.24, 2.45) is 0 Å². The molecule has 17 heavy (non-hydrogen) atoms. The van der Waals surface area contributed by atoms with Gasteiger partial charge < -0.3 is 4.74 Å². The zero-order valence-corrected chi connectivity index (χ0v) is 9.72. The van der Waals surface area contributed by atoms with Crippen molar-refractivity contribution in [3.8, 4) is 11.8 Å². The second-order valence-electron chi connectivity index (χ2n) is 4.62. The number of nitrogens with zero attached hydrogens (tertiary/aromatic N) is 1. The third-order valence-corrected chi connectivity index (χ3v) is 2.19. The molecule has 1 rings (SSSR count). The molecule has 0 spiro atoms. The maximum absolute atomic E-state index is 12.1. The Morgan fingerprint density at radius 3 is 2.18 bits per heavy atom. The van der Waals surface area contributed by atoms with E-state index in [1.807, 2.05) is 20.8 Å². The van der Waals surface area contributed by atoms with Crippen molar-refractivity contribution < 1.29 is 17.9 Å². The summed E-state index contributed by atoms with van der Waals surface area (Å²) in [4.78, 5) is 0. The van der Waals surface area contributed by atoms with Gasteiger partial charge in [0.05, 0.1) is 5.56 Å². The summed E-state index contributed by atoms with van der Waals surface area (Å²) in [6.45, 7) is 5.73. The van der Waals surface area contributed by atoms with Crippen LogP contribution in [0.5, 0.6) is 5.75 Å². The fourth-order valence-corrected chi connectivity index (χ4v) is 1.30. The number of alkyl halides is 3. The molecule has 0 aliphatic heterocycles. The molecule has 2 nitrogen and oxygen atoms in total. The summed E-state index contributed by atoms with van der Waals surface area (Å²) in [5.41, 5.74) is 0.431. The number of hydrogen-bond acceptors (Lipinski definition) is 2. The number of hydrogen-bond donors (Lipinski definition) is 0. The molecule has 0 N–H and O–H groups in total. The fraction of sp³-hybridized carbons (Fsp3) is 0.417. The standard InChI is InChI=1S/C12H12F3NO/c1-11(2,3)9-4-5-10(8(6-9)7-16)17-12(13,14)15/h4-6H,1-3H3. The molecule has 0 heterocycles.